The van der Waals surface area contributed by atoms with E-state index in [4.69, 9.17) is 4.74 Å². The van der Waals surface area contributed by atoms with Crippen LogP contribution in [0.5, 0.6) is 5.75 Å². The number of nitrogens with one attached hydrogen (secondary N) is 1. The van der Waals surface area contributed by atoms with E-state index in [1.807, 2.05) is 0 Å². The van der Waals surface area contributed by atoms with Gasteiger partial charge in [0.1, 0.15) is 5.75 Å². The molecule has 2 aliphatic rings. The molecule has 2 fully saturated rings. The monoisotopic (exact) mass is 346 g/mol. The normalized spacial score (nSPS) is 22.5. The van der Waals surface area contributed by atoms with E-state index in [0.717, 1.165) is 12.8 Å². The summed E-state index contributed by atoms with van der Waals surface area (Å²) in [5.74, 6) is -0.917. The predicted octanol–water partition coefficient (Wildman–Crippen LogP) is 0.994. The summed E-state index contributed by atoms with van der Waals surface area (Å²) in [7, 11) is 1.52. The average Bonchev–Trinajstić information content (AvgIpc) is 3.37. The molecule has 0 aromatic heterocycles. The highest BCUT2D eigenvalue weighted by Gasteiger charge is 2.46. The van der Waals surface area contributed by atoms with Crippen molar-refractivity contribution in [1.29, 1.82) is 0 Å². The number of amides is 2. The second kappa shape index (κ2) is 7.13. The number of hydrogen-bond acceptors (Lipinski definition) is 4. The van der Waals surface area contributed by atoms with Gasteiger partial charge >= 0.3 is 5.97 Å². The van der Waals surface area contributed by atoms with Crippen LogP contribution in [-0.2, 0) is 9.59 Å². The van der Waals surface area contributed by atoms with Crippen LogP contribution in [0.3, 0.4) is 0 Å². The molecule has 2 N–H and O–H groups in total. The van der Waals surface area contributed by atoms with Crippen molar-refractivity contribution in [3.8, 4) is 5.75 Å². The minimum atomic E-state index is -0.840. The minimum absolute atomic E-state index is 0.0375. The number of aliphatic carboxylic acids is 1. The summed E-state index contributed by atoms with van der Waals surface area (Å²) in [6.07, 6.45) is 2.09. The molecule has 3 rings (SSSR count). The van der Waals surface area contributed by atoms with Crippen LogP contribution in [0.25, 0.3) is 0 Å². The van der Waals surface area contributed by atoms with Crippen LogP contribution < -0.4 is 10.1 Å². The molecule has 0 spiro atoms. The molecule has 1 heterocycles. The van der Waals surface area contributed by atoms with Gasteiger partial charge in [-0.15, -0.1) is 0 Å². The highest BCUT2D eigenvalue weighted by Crippen LogP contribution is 2.44. The van der Waals surface area contributed by atoms with E-state index in [1.165, 1.54) is 7.11 Å². The molecule has 7 heteroatoms. The maximum Gasteiger partial charge on any atom is 0.308 e. The van der Waals surface area contributed by atoms with Crippen molar-refractivity contribution in [3.63, 3.8) is 0 Å². The molecule has 1 aromatic rings. The first-order chi connectivity index (χ1) is 12.0. The molecule has 2 atom stereocenters. The first kappa shape index (κ1) is 17.3. The molecule has 1 aliphatic heterocycles. The number of carbonyl (C=O) groups excluding carboxylic acids is 2. The van der Waals surface area contributed by atoms with Gasteiger partial charge in [0.05, 0.1) is 19.6 Å². The SMILES string of the molecule is COc1cccc(C(=O)NCC(=O)N2C[C@H](C(=O)O)[C@@H](C3CC3)C2)c1. The fourth-order valence-corrected chi connectivity index (χ4v) is 3.43. The van der Waals surface area contributed by atoms with E-state index in [0.29, 0.717) is 23.8 Å². The van der Waals surface area contributed by atoms with Gasteiger partial charge in [-0.05, 0) is 42.9 Å². The summed E-state index contributed by atoms with van der Waals surface area (Å²) in [6.45, 7) is 0.555. The Labute approximate surface area is 146 Å². The van der Waals surface area contributed by atoms with Gasteiger partial charge in [0.25, 0.3) is 5.91 Å². The third-order valence-electron chi connectivity index (χ3n) is 4.99. The number of carboxylic acid groups (broad SMARTS) is 1. The summed E-state index contributed by atoms with van der Waals surface area (Å²) in [4.78, 5) is 37.5. The van der Waals surface area contributed by atoms with Crippen molar-refractivity contribution in [1.82, 2.24) is 10.2 Å². The number of carboxylic acids is 1. The van der Waals surface area contributed by atoms with Crippen LogP contribution >= 0.6 is 0 Å². The summed E-state index contributed by atoms with van der Waals surface area (Å²) in [6, 6.07) is 6.67. The van der Waals surface area contributed by atoms with E-state index in [-0.39, 0.29) is 30.8 Å². The molecule has 1 aromatic carbocycles. The fourth-order valence-electron chi connectivity index (χ4n) is 3.43. The highest BCUT2D eigenvalue weighted by molar-refractivity contribution is 5.96. The molecular weight excluding hydrogens is 324 g/mol. The Morgan fingerprint density at radius 3 is 2.68 bits per heavy atom. The molecule has 1 saturated carbocycles. The zero-order chi connectivity index (χ0) is 18.0. The number of hydrogen-bond donors (Lipinski definition) is 2. The summed E-state index contributed by atoms with van der Waals surface area (Å²) < 4.78 is 5.08. The van der Waals surface area contributed by atoms with Crippen LogP contribution in [0.1, 0.15) is 23.2 Å². The van der Waals surface area contributed by atoms with Gasteiger partial charge in [-0.1, -0.05) is 6.07 Å². The van der Waals surface area contributed by atoms with Gasteiger partial charge in [0.15, 0.2) is 0 Å². The lowest BCUT2D eigenvalue weighted by Gasteiger charge is -2.16. The molecule has 2 amide bonds. The van der Waals surface area contributed by atoms with Crippen LogP contribution in [0.15, 0.2) is 24.3 Å². The Morgan fingerprint density at radius 1 is 1.28 bits per heavy atom. The first-order valence-electron chi connectivity index (χ1n) is 8.42. The number of benzene rings is 1. The van der Waals surface area contributed by atoms with E-state index in [9.17, 15) is 19.5 Å². The third kappa shape index (κ3) is 3.92. The molecular formula is C18H22N2O5. The smallest absolute Gasteiger partial charge is 0.308 e. The van der Waals surface area contributed by atoms with Gasteiger partial charge < -0.3 is 20.1 Å². The minimum Gasteiger partial charge on any atom is -0.497 e. The first-order valence-corrected chi connectivity index (χ1v) is 8.42. The fraction of sp³-hybridized carbons (Fsp3) is 0.500. The summed E-state index contributed by atoms with van der Waals surface area (Å²) >= 11 is 0. The van der Waals surface area contributed by atoms with Gasteiger partial charge in [-0.2, -0.15) is 0 Å². The third-order valence-corrected chi connectivity index (χ3v) is 4.99. The molecule has 0 radical (unpaired) electrons. The Hall–Kier alpha value is -2.57. The van der Waals surface area contributed by atoms with E-state index < -0.39 is 11.9 Å². The number of ether oxygens (including phenoxy) is 1. The van der Waals surface area contributed by atoms with Gasteiger partial charge in [-0.25, -0.2) is 0 Å². The van der Waals surface area contributed by atoms with Gasteiger partial charge in [0.2, 0.25) is 5.91 Å². The number of nitrogens with zero attached hydrogens (tertiary/aromatic N) is 1. The van der Waals surface area contributed by atoms with E-state index in [2.05, 4.69) is 5.32 Å². The van der Waals surface area contributed by atoms with E-state index >= 15 is 0 Å². The zero-order valence-corrected chi connectivity index (χ0v) is 14.1. The Morgan fingerprint density at radius 2 is 2.04 bits per heavy atom. The standard InChI is InChI=1S/C18H22N2O5/c1-25-13-4-2-3-12(7-13)17(22)19-8-16(21)20-9-14(11-5-6-11)15(10-20)18(23)24/h2-4,7,11,14-15H,5-6,8-10H2,1H3,(H,19,22)(H,23,24)/t14-,15+/m1/s1. The molecule has 1 aliphatic carbocycles. The van der Waals surface area contributed by atoms with Crippen molar-refractivity contribution in [3.05, 3.63) is 29.8 Å². The molecule has 7 nitrogen and oxygen atoms in total. The lowest BCUT2D eigenvalue weighted by atomic mass is 9.92. The number of rotatable bonds is 6. The molecule has 0 unspecified atom stereocenters. The van der Waals surface area contributed by atoms with Crippen LogP contribution in [0.4, 0.5) is 0 Å². The largest absolute Gasteiger partial charge is 0.497 e. The lowest BCUT2D eigenvalue weighted by Crippen LogP contribution is -2.39. The maximum absolute atomic E-state index is 12.4. The van der Waals surface area contributed by atoms with Gasteiger partial charge in [0, 0.05) is 18.7 Å². The highest BCUT2D eigenvalue weighted by atomic mass is 16.5. The van der Waals surface area contributed by atoms with Crippen molar-refractivity contribution in [2.75, 3.05) is 26.7 Å². The summed E-state index contributed by atoms with van der Waals surface area (Å²) in [5, 5.41) is 12.0. The second-order valence-corrected chi connectivity index (χ2v) is 6.66. The maximum atomic E-state index is 12.4. The number of likely N-dealkylation sites (tertiary alicyclic amines) is 1. The van der Waals surface area contributed by atoms with Crippen molar-refractivity contribution < 1.29 is 24.2 Å². The Kier molecular flexibility index (Phi) is 4.92. The van der Waals surface area contributed by atoms with Gasteiger partial charge in [-0.3, -0.25) is 14.4 Å². The molecule has 25 heavy (non-hydrogen) atoms. The van der Waals surface area contributed by atoms with Crippen molar-refractivity contribution in [2.24, 2.45) is 17.8 Å². The topological polar surface area (TPSA) is 95.9 Å². The number of carbonyl (C=O) groups is 3. The molecule has 0 bridgehead atoms. The second-order valence-electron chi connectivity index (χ2n) is 6.66. The predicted molar refractivity (Wildman–Crippen MR) is 89.2 cm³/mol. The summed E-state index contributed by atoms with van der Waals surface area (Å²) in [5.41, 5.74) is 0.410. The van der Waals surface area contributed by atoms with Crippen LogP contribution in [-0.4, -0.2) is 54.5 Å². The quantitative estimate of drug-likeness (QED) is 0.801. The van der Waals surface area contributed by atoms with E-state index in [1.54, 1.807) is 29.2 Å². The van der Waals surface area contributed by atoms with Crippen molar-refractivity contribution in [2.45, 2.75) is 12.8 Å². The molecule has 1 saturated heterocycles. The van der Waals surface area contributed by atoms with Crippen molar-refractivity contribution >= 4 is 17.8 Å². The van der Waals surface area contributed by atoms with Crippen LogP contribution in [0.2, 0.25) is 0 Å². The Bertz CT molecular complexity index is 686. The number of methoxy groups -OCH3 is 1. The Balaban J connectivity index is 1.55. The zero-order valence-electron chi connectivity index (χ0n) is 14.1. The molecule has 134 valence electrons. The van der Waals surface area contributed by atoms with Crippen LogP contribution in [0, 0.1) is 17.8 Å². The lowest BCUT2D eigenvalue weighted by molar-refractivity contribution is -0.142. The average molecular weight is 346 g/mol.